The summed E-state index contributed by atoms with van der Waals surface area (Å²) in [6.07, 6.45) is 7.70. The van der Waals surface area contributed by atoms with Gasteiger partial charge < -0.3 is 9.47 Å². The van der Waals surface area contributed by atoms with Gasteiger partial charge in [0, 0.05) is 11.5 Å². The van der Waals surface area contributed by atoms with Crippen LogP contribution in [-0.4, -0.2) is 19.5 Å². The Bertz CT molecular complexity index is 550. The summed E-state index contributed by atoms with van der Waals surface area (Å²) in [5.74, 6) is 8.50. The normalized spacial score (nSPS) is 24.8. The molecule has 3 rings (SSSR count). The lowest BCUT2D eigenvalue weighted by molar-refractivity contribution is -0.0509. The molecule has 0 spiro atoms. The monoisotopic (exact) mass is 326 g/mol. The maximum Gasteiger partial charge on any atom is 0.157 e. The Morgan fingerprint density at radius 3 is 2.25 bits per heavy atom. The molecule has 0 bridgehead atoms. The Morgan fingerprint density at radius 1 is 0.958 bits per heavy atom. The maximum absolute atomic E-state index is 5.55. The second-order valence-corrected chi connectivity index (χ2v) is 7.51. The molecule has 2 aliphatic rings. The number of ether oxygens (including phenoxy) is 2. The molecule has 1 saturated carbocycles. The third-order valence-electron chi connectivity index (χ3n) is 5.24. The summed E-state index contributed by atoms with van der Waals surface area (Å²) in [5.41, 5.74) is 2.63. The molecule has 1 aliphatic carbocycles. The molecule has 1 saturated heterocycles. The van der Waals surface area contributed by atoms with E-state index in [1.807, 2.05) is 0 Å². The van der Waals surface area contributed by atoms with Crippen LogP contribution in [-0.2, 0) is 9.47 Å². The number of hydrogen-bond donors (Lipinski definition) is 0. The van der Waals surface area contributed by atoms with Crippen molar-refractivity contribution in [3.8, 4) is 11.8 Å². The van der Waals surface area contributed by atoms with Gasteiger partial charge in [-0.05, 0) is 68.1 Å². The Labute approximate surface area is 146 Å². The van der Waals surface area contributed by atoms with E-state index in [2.05, 4.69) is 50.0 Å². The Morgan fingerprint density at radius 2 is 1.62 bits per heavy atom. The van der Waals surface area contributed by atoms with Crippen molar-refractivity contribution in [1.29, 1.82) is 0 Å². The molecule has 1 heterocycles. The van der Waals surface area contributed by atoms with Gasteiger partial charge in [-0.15, -0.1) is 0 Å². The third-order valence-corrected chi connectivity index (χ3v) is 5.24. The molecule has 2 heteroatoms. The van der Waals surface area contributed by atoms with Gasteiger partial charge in [0.1, 0.15) is 0 Å². The lowest BCUT2D eigenvalue weighted by Gasteiger charge is -2.29. The topological polar surface area (TPSA) is 18.5 Å². The molecule has 0 amide bonds. The molecule has 1 aromatic rings. The highest BCUT2D eigenvalue weighted by Crippen LogP contribution is 2.38. The zero-order chi connectivity index (χ0) is 16.8. The number of benzene rings is 1. The Hall–Kier alpha value is -1.30. The second-order valence-electron chi connectivity index (χ2n) is 7.51. The van der Waals surface area contributed by atoms with Crippen molar-refractivity contribution in [1.82, 2.24) is 0 Å². The lowest BCUT2D eigenvalue weighted by atomic mass is 9.77. The fraction of sp³-hybridized carbons (Fsp3) is 0.636. The highest BCUT2D eigenvalue weighted by molar-refractivity contribution is 5.37. The van der Waals surface area contributed by atoms with Crippen LogP contribution in [0.15, 0.2) is 24.3 Å². The minimum absolute atomic E-state index is 0.0715. The van der Waals surface area contributed by atoms with Gasteiger partial charge in [0.05, 0.1) is 13.2 Å². The van der Waals surface area contributed by atoms with E-state index < -0.39 is 0 Å². The molecular weight excluding hydrogens is 296 g/mol. The van der Waals surface area contributed by atoms with Gasteiger partial charge in [-0.3, -0.25) is 0 Å². The molecule has 1 aliphatic heterocycles. The first kappa shape index (κ1) is 17.5. The van der Waals surface area contributed by atoms with E-state index >= 15 is 0 Å². The summed E-state index contributed by atoms with van der Waals surface area (Å²) in [5, 5.41) is 0. The molecule has 0 radical (unpaired) electrons. The largest absolute Gasteiger partial charge is 0.350 e. The van der Waals surface area contributed by atoms with E-state index in [1.165, 1.54) is 37.7 Å². The maximum atomic E-state index is 5.55. The zero-order valence-corrected chi connectivity index (χ0v) is 15.1. The first-order valence-electron chi connectivity index (χ1n) is 9.55. The highest BCUT2D eigenvalue weighted by atomic mass is 16.7. The van der Waals surface area contributed by atoms with Crippen LogP contribution in [0.5, 0.6) is 0 Å². The molecule has 0 atom stereocenters. The van der Waals surface area contributed by atoms with E-state index in [0.29, 0.717) is 5.92 Å². The van der Waals surface area contributed by atoms with Crippen LogP contribution < -0.4 is 0 Å². The van der Waals surface area contributed by atoms with Crippen LogP contribution >= 0.6 is 0 Å². The quantitative estimate of drug-likeness (QED) is 0.715. The van der Waals surface area contributed by atoms with Crippen molar-refractivity contribution in [3.63, 3.8) is 0 Å². The van der Waals surface area contributed by atoms with Crippen LogP contribution in [0, 0.1) is 23.7 Å². The van der Waals surface area contributed by atoms with Crippen LogP contribution in [0.25, 0.3) is 0 Å². The summed E-state index contributed by atoms with van der Waals surface area (Å²) in [6, 6.07) is 8.95. The average molecular weight is 326 g/mol. The number of rotatable bonds is 4. The molecule has 0 aromatic heterocycles. The smallest absolute Gasteiger partial charge is 0.157 e. The predicted molar refractivity (Wildman–Crippen MR) is 97.8 cm³/mol. The van der Waals surface area contributed by atoms with E-state index in [-0.39, 0.29) is 6.29 Å². The van der Waals surface area contributed by atoms with Gasteiger partial charge in [-0.2, -0.15) is 0 Å². The van der Waals surface area contributed by atoms with Crippen molar-refractivity contribution >= 4 is 0 Å². The summed E-state index contributed by atoms with van der Waals surface area (Å²) in [4.78, 5) is 0. The fourth-order valence-corrected chi connectivity index (χ4v) is 3.80. The van der Waals surface area contributed by atoms with Crippen LogP contribution in [0.2, 0.25) is 0 Å². The molecule has 0 unspecified atom stereocenters. The standard InChI is InChI=1S/C22H30O2/c1-17(2)3-4-18-5-10-20(11-6-18)21-12-7-19(8-13-21)9-14-22-23-15-16-24-22/h5-6,10-11,17,19,21-22H,7-9,12-16H2,1-2H3. The van der Waals surface area contributed by atoms with Crippen LogP contribution in [0.1, 0.15) is 69.4 Å². The molecular formula is C22H30O2. The van der Waals surface area contributed by atoms with Crippen molar-refractivity contribution in [2.75, 3.05) is 13.2 Å². The van der Waals surface area contributed by atoms with Crippen molar-refractivity contribution in [2.45, 2.75) is 64.6 Å². The molecule has 2 nitrogen and oxygen atoms in total. The van der Waals surface area contributed by atoms with Crippen LogP contribution in [0.4, 0.5) is 0 Å². The molecule has 24 heavy (non-hydrogen) atoms. The summed E-state index contributed by atoms with van der Waals surface area (Å²) >= 11 is 0. The van der Waals surface area contributed by atoms with Gasteiger partial charge in [0.25, 0.3) is 0 Å². The molecule has 130 valence electrons. The Balaban J connectivity index is 1.45. The van der Waals surface area contributed by atoms with Crippen molar-refractivity contribution in [3.05, 3.63) is 35.4 Å². The molecule has 0 N–H and O–H groups in total. The number of hydrogen-bond acceptors (Lipinski definition) is 2. The van der Waals surface area contributed by atoms with E-state index in [1.54, 1.807) is 0 Å². The van der Waals surface area contributed by atoms with Crippen LogP contribution in [0.3, 0.4) is 0 Å². The summed E-state index contributed by atoms with van der Waals surface area (Å²) in [6.45, 7) is 5.81. The van der Waals surface area contributed by atoms with E-state index in [0.717, 1.165) is 37.0 Å². The van der Waals surface area contributed by atoms with Gasteiger partial charge in [0.15, 0.2) is 6.29 Å². The molecule has 1 aromatic carbocycles. The minimum atomic E-state index is 0.0715. The summed E-state index contributed by atoms with van der Waals surface area (Å²) < 4.78 is 11.1. The van der Waals surface area contributed by atoms with Crippen molar-refractivity contribution < 1.29 is 9.47 Å². The van der Waals surface area contributed by atoms with Gasteiger partial charge in [-0.25, -0.2) is 0 Å². The first-order chi connectivity index (χ1) is 11.7. The zero-order valence-electron chi connectivity index (χ0n) is 15.1. The minimum Gasteiger partial charge on any atom is -0.350 e. The Kier molecular flexibility index (Phi) is 6.35. The van der Waals surface area contributed by atoms with E-state index in [4.69, 9.17) is 9.47 Å². The SMILES string of the molecule is CC(C)C#Cc1ccc(C2CCC(CCC3OCCO3)CC2)cc1. The van der Waals surface area contributed by atoms with E-state index in [9.17, 15) is 0 Å². The third kappa shape index (κ3) is 5.10. The summed E-state index contributed by atoms with van der Waals surface area (Å²) in [7, 11) is 0. The molecule has 2 fully saturated rings. The van der Waals surface area contributed by atoms with Gasteiger partial charge in [-0.1, -0.05) is 37.8 Å². The second kappa shape index (κ2) is 8.70. The lowest BCUT2D eigenvalue weighted by Crippen LogP contribution is -2.16. The average Bonchev–Trinajstić information content (AvgIpc) is 3.13. The highest BCUT2D eigenvalue weighted by Gasteiger charge is 2.24. The fourth-order valence-electron chi connectivity index (χ4n) is 3.80. The van der Waals surface area contributed by atoms with Gasteiger partial charge in [0.2, 0.25) is 0 Å². The van der Waals surface area contributed by atoms with Gasteiger partial charge >= 0.3 is 0 Å². The van der Waals surface area contributed by atoms with Crippen molar-refractivity contribution in [2.24, 2.45) is 11.8 Å². The first-order valence-corrected chi connectivity index (χ1v) is 9.55. The predicted octanol–water partition coefficient (Wildman–Crippen LogP) is 5.12.